The fourth-order valence-electron chi connectivity index (χ4n) is 2.97. The van der Waals surface area contributed by atoms with Crippen molar-refractivity contribution in [2.75, 3.05) is 20.3 Å². The van der Waals surface area contributed by atoms with Gasteiger partial charge < -0.3 is 18.8 Å². The molecule has 0 atom stereocenters. The first-order valence-electron chi connectivity index (χ1n) is 6.77. The van der Waals surface area contributed by atoms with E-state index in [-0.39, 0.29) is 17.7 Å². The second-order valence-electron chi connectivity index (χ2n) is 5.27. The third-order valence-electron chi connectivity index (χ3n) is 4.17. The number of hydrogen-bond acceptors (Lipinski definition) is 4. The van der Waals surface area contributed by atoms with Gasteiger partial charge in [0.1, 0.15) is 6.26 Å². The van der Waals surface area contributed by atoms with Crippen molar-refractivity contribution >= 4 is 5.91 Å². The zero-order valence-electron chi connectivity index (χ0n) is 11.1. The van der Waals surface area contributed by atoms with E-state index in [9.17, 15) is 4.79 Å². The van der Waals surface area contributed by atoms with Crippen LogP contribution in [0.2, 0.25) is 0 Å². The molecule has 3 rings (SSSR count). The molecule has 104 valence electrons. The first-order valence-corrected chi connectivity index (χ1v) is 6.77. The minimum atomic E-state index is -0.365. The predicted molar refractivity (Wildman–Crippen MR) is 67.7 cm³/mol. The summed E-state index contributed by atoms with van der Waals surface area (Å²) in [5.74, 6) is -0.348. The van der Waals surface area contributed by atoms with Crippen LogP contribution in [0.25, 0.3) is 0 Å². The molecule has 0 aromatic carbocycles. The molecule has 1 spiro atoms. The Balaban J connectivity index is 1.60. The van der Waals surface area contributed by atoms with Crippen LogP contribution in [0.4, 0.5) is 0 Å². The number of carbonyl (C=O) groups excluding carboxylic acids is 1. The molecule has 1 saturated heterocycles. The Morgan fingerprint density at radius 1 is 1.32 bits per heavy atom. The van der Waals surface area contributed by atoms with Gasteiger partial charge in [-0.05, 0) is 18.9 Å². The molecular formula is C14H19NO4. The fraction of sp³-hybridized carbons (Fsp3) is 0.643. The average molecular weight is 265 g/mol. The Morgan fingerprint density at radius 2 is 2.00 bits per heavy atom. The highest BCUT2D eigenvalue weighted by molar-refractivity contribution is 5.93. The summed E-state index contributed by atoms with van der Waals surface area (Å²) in [6, 6.07) is 1.95. The van der Waals surface area contributed by atoms with Gasteiger partial charge in [0, 0.05) is 25.9 Å². The van der Waals surface area contributed by atoms with Crippen LogP contribution in [0.5, 0.6) is 0 Å². The van der Waals surface area contributed by atoms with Gasteiger partial charge in [0.05, 0.1) is 25.0 Å². The zero-order chi connectivity index (χ0) is 13.3. The molecule has 1 aromatic heterocycles. The van der Waals surface area contributed by atoms with Crippen LogP contribution < -0.4 is 0 Å². The minimum absolute atomic E-state index is 0.0166. The summed E-state index contributed by atoms with van der Waals surface area (Å²) in [6.45, 7) is 1.38. The third kappa shape index (κ3) is 2.40. The normalized spacial score (nSPS) is 22.8. The van der Waals surface area contributed by atoms with E-state index in [1.54, 1.807) is 6.07 Å². The molecule has 2 aliphatic rings. The topological polar surface area (TPSA) is 51.9 Å². The molecular weight excluding hydrogens is 246 g/mol. The number of furan rings is 1. The number of nitrogens with zero attached hydrogens (tertiary/aromatic N) is 1. The summed E-state index contributed by atoms with van der Waals surface area (Å²) in [4.78, 5) is 14.0. The molecule has 0 N–H and O–H groups in total. The summed E-state index contributed by atoms with van der Waals surface area (Å²) in [6.07, 6.45) is 6.57. The van der Waals surface area contributed by atoms with Gasteiger partial charge in [-0.3, -0.25) is 4.79 Å². The van der Waals surface area contributed by atoms with Crippen LogP contribution in [0.15, 0.2) is 23.0 Å². The van der Waals surface area contributed by atoms with E-state index in [1.165, 1.54) is 12.5 Å². The van der Waals surface area contributed by atoms with E-state index in [0.717, 1.165) is 25.7 Å². The molecule has 2 heterocycles. The van der Waals surface area contributed by atoms with Gasteiger partial charge in [-0.1, -0.05) is 0 Å². The zero-order valence-corrected chi connectivity index (χ0v) is 11.1. The molecule has 5 heteroatoms. The van der Waals surface area contributed by atoms with Crippen molar-refractivity contribution in [3.05, 3.63) is 24.2 Å². The molecule has 0 radical (unpaired) electrons. The summed E-state index contributed by atoms with van der Waals surface area (Å²) >= 11 is 0. The highest BCUT2D eigenvalue weighted by Gasteiger charge is 2.41. The Hall–Kier alpha value is -1.33. The minimum Gasteiger partial charge on any atom is -0.472 e. The number of rotatable bonds is 2. The van der Waals surface area contributed by atoms with E-state index in [1.807, 2.05) is 11.9 Å². The second kappa shape index (κ2) is 4.98. The van der Waals surface area contributed by atoms with Crippen LogP contribution in [-0.4, -0.2) is 42.9 Å². The lowest BCUT2D eigenvalue weighted by Gasteiger charge is -2.38. The monoisotopic (exact) mass is 265 g/mol. The number of ether oxygens (including phenoxy) is 2. The lowest BCUT2D eigenvalue weighted by molar-refractivity contribution is -0.182. The van der Waals surface area contributed by atoms with Crippen molar-refractivity contribution in [1.29, 1.82) is 0 Å². The molecule has 0 unspecified atom stereocenters. The quantitative estimate of drug-likeness (QED) is 0.821. The van der Waals surface area contributed by atoms with Gasteiger partial charge in [0.2, 0.25) is 0 Å². The first kappa shape index (κ1) is 12.7. The van der Waals surface area contributed by atoms with E-state index in [4.69, 9.17) is 13.9 Å². The van der Waals surface area contributed by atoms with Crippen LogP contribution in [0.1, 0.15) is 36.0 Å². The summed E-state index contributed by atoms with van der Waals surface area (Å²) in [5.41, 5.74) is 0.608. The summed E-state index contributed by atoms with van der Waals surface area (Å²) in [7, 11) is 1.86. The molecule has 1 amide bonds. The fourth-order valence-corrected chi connectivity index (χ4v) is 2.97. The Labute approximate surface area is 112 Å². The van der Waals surface area contributed by atoms with Gasteiger partial charge in [-0.25, -0.2) is 0 Å². The number of amides is 1. The Morgan fingerprint density at radius 3 is 2.58 bits per heavy atom. The number of carbonyl (C=O) groups is 1. The first-order chi connectivity index (χ1) is 9.20. The molecule has 5 nitrogen and oxygen atoms in total. The van der Waals surface area contributed by atoms with E-state index < -0.39 is 0 Å². The third-order valence-corrected chi connectivity index (χ3v) is 4.17. The van der Waals surface area contributed by atoms with Crippen LogP contribution in [-0.2, 0) is 9.47 Å². The van der Waals surface area contributed by atoms with Crippen molar-refractivity contribution in [1.82, 2.24) is 4.90 Å². The molecule has 1 aliphatic heterocycles. The number of hydrogen-bond donors (Lipinski definition) is 0. The van der Waals surface area contributed by atoms with E-state index in [0.29, 0.717) is 18.8 Å². The van der Waals surface area contributed by atoms with Crippen LogP contribution >= 0.6 is 0 Å². The van der Waals surface area contributed by atoms with Crippen molar-refractivity contribution in [3.8, 4) is 0 Å². The molecule has 19 heavy (non-hydrogen) atoms. The lowest BCUT2D eigenvalue weighted by Crippen LogP contribution is -2.44. The largest absolute Gasteiger partial charge is 0.472 e. The van der Waals surface area contributed by atoms with Gasteiger partial charge in [0.15, 0.2) is 5.79 Å². The SMILES string of the molecule is CN(C(=O)c1ccoc1)C1CCC2(CC1)OCCO2. The van der Waals surface area contributed by atoms with Gasteiger partial charge in [0.25, 0.3) is 5.91 Å². The van der Waals surface area contributed by atoms with Crippen molar-refractivity contribution in [2.45, 2.75) is 37.5 Å². The maximum atomic E-state index is 12.2. The molecule has 1 saturated carbocycles. The van der Waals surface area contributed by atoms with Gasteiger partial charge >= 0.3 is 0 Å². The standard InChI is InChI=1S/C14H19NO4/c1-15(13(16)11-4-7-17-10-11)12-2-5-14(6-3-12)18-8-9-19-14/h4,7,10,12H,2-3,5-6,8-9H2,1H3. The lowest BCUT2D eigenvalue weighted by atomic mass is 9.89. The second-order valence-corrected chi connectivity index (χ2v) is 5.27. The summed E-state index contributed by atoms with van der Waals surface area (Å²) in [5, 5.41) is 0. The summed E-state index contributed by atoms with van der Waals surface area (Å²) < 4.78 is 16.4. The maximum absolute atomic E-state index is 12.2. The van der Waals surface area contributed by atoms with Crippen LogP contribution in [0, 0.1) is 0 Å². The predicted octanol–water partition coefficient (Wildman–Crippen LogP) is 2.04. The van der Waals surface area contributed by atoms with Crippen molar-refractivity contribution in [3.63, 3.8) is 0 Å². The molecule has 1 aliphatic carbocycles. The molecule has 2 fully saturated rings. The van der Waals surface area contributed by atoms with Crippen molar-refractivity contribution in [2.24, 2.45) is 0 Å². The van der Waals surface area contributed by atoms with Crippen molar-refractivity contribution < 1.29 is 18.7 Å². The smallest absolute Gasteiger partial charge is 0.257 e. The van der Waals surface area contributed by atoms with Crippen LogP contribution in [0.3, 0.4) is 0 Å². The van der Waals surface area contributed by atoms with E-state index >= 15 is 0 Å². The van der Waals surface area contributed by atoms with E-state index in [2.05, 4.69) is 0 Å². The Bertz CT molecular complexity index is 426. The van der Waals surface area contributed by atoms with Gasteiger partial charge in [-0.2, -0.15) is 0 Å². The molecule has 1 aromatic rings. The Kier molecular flexibility index (Phi) is 3.33. The highest BCUT2D eigenvalue weighted by atomic mass is 16.7. The van der Waals surface area contributed by atoms with Gasteiger partial charge in [-0.15, -0.1) is 0 Å². The maximum Gasteiger partial charge on any atom is 0.257 e. The highest BCUT2D eigenvalue weighted by Crippen LogP contribution is 2.37. The average Bonchev–Trinajstić information content (AvgIpc) is 3.10. The molecule has 0 bridgehead atoms.